The van der Waals surface area contributed by atoms with Crippen LogP contribution in [0.1, 0.15) is 24.3 Å². The molecule has 17 heavy (non-hydrogen) atoms. The van der Waals surface area contributed by atoms with Gasteiger partial charge in [-0.05, 0) is 49.1 Å². The number of ether oxygens (including phenoxy) is 1. The Hall–Kier alpha value is -1.07. The maximum absolute atomic E-state index is 12.0. The Kier molecular flexibility index (Phi) is 3.40. The first-order chi connectivity index (χ1) is 8.08. The summed E-state index contributed by atoms with van der Waals surface area (Å²) in [7, 11) is -1.52. The highest BCUT2D eigenvalue weighted by atomic mass is 32.2. The van der Waals surface area contributed by atoms with Crippen LogP contribution in [0.15, 0.2) is 23.1 Å². The molecule has 1 aliphatic heterocycles. The molecule has 0 bridgehead atoms. The van der Waals surface area contributed by atoms with Crippen molar-refractivity contribution >= 4 is 9.84 Å². The van der Waals surface area contributed by atoms with Gasteiger partial charge in [-0.15, -0.1) is 0 Å². The number of benzene rings is 1. The van der Waals surface area contributed by atoms with Crippen molar-refractivity contribution in [3.63, 3.8) is 0 Å². The van der Waals surface area contributed by atoms with Gasteiger partial charge in [0, 0.05) is 0 Å². The molecule has 0 amide bonds. The zero-order valence-corrected chi connectivity index (χ0v) is 10.7. The van der Waals surface area contributed by atoms with Crippen molar-refractivity contribution in [1.82, 2.24) is 0 Å². The van der Waals surface area contributed by atoms with Gasteiger partial charge in [0.1, 0.15) is 5.75 Å². The number of hydrogen-bond donors (Lipinski definition) is 1. The van der Waals surface area contributed by atoms with Crippen LogP contribution in [0.4, 0.5) is 0 Å². The third kappa shape index (κ3) is 2.30. The highest BCUT2D eigenvalue weighted by molar-refractivity contribution is 7.91. The van der Waals surface area contributed by atoms with E-state index in [1.54, 1.807) is 19.2 Å². The topological polar surface area (TPSA) is 69.4 Å². The van der Waals surface area contributed by atoms with E-state index in [-0.39, 0.29) is 11.7 Å². The Bertz CT molecular complexity index is 510. The smallest absolute Gasteiger partial charge is 0.179 e. The molecule has 0 saturated heterocycles. The molecule has 1 aliphatic rings. The van der Waals surface area contributed by atoms with E-state index in [9.17, 15) is 8.42 Å². The van der Waals surface area contributed by atoms with Gasteiger partial charge in [-0.1, -0.05) is 0 Å². The van der Waals surface area contributed by atoms with Crippen molar-refractivity contribution in [2.75, 3.05) is 19.4 Å². The summed E-state index contributed by atoms with van der Waals surface area (Å²) in [6.07, 6.45) is 1.66. The summed E-state index contributed by atoms with van der Waals surface area (Å²) >= 11 is 0. The van der Waals surface area contributed by atoms with Gasteiger partial charge in [0.2, 0.25) is 0 Å². The molecule has 0 aromatic heterocycles. The lowest BCUT2D eigenvalue weighted by Crippen LogP contribution is -2.06. The normalized spacial score (nSPS) is 21.2. The van der Waals surface area contributed by atoms with Crippen LogP contribution in [0.3, 0.4) is 0 Å². The molecule has 1 aromatic carbocycles. The number of fused-ring (bicyclic) bond motifs is 1. The first kappa shape index (κ1) is 12.4. The molecule has 0 saturated carbocycles. The fraction of sp³-hybridized carbons (Fsp3) is 0.500. The molecule has 1 unspecified atom stereocenters. The lowest BCUT2D eigenvalue weighted by Gasteiger charge is -2.09. The Labute approximate surface area is 102 Å². The molecule has 0 aliphatic carbocycles. The average Bonchev–Trinajstić information content (AvgIpc) is 2.58. The van der Waals surface area contributed by atoms with Crippen molar-refractivity contribution in [3.8, 4) is 5.75 Å². The predicted octanol–water partition coefficient (Wildman–Crippen LogP) is 1.30. The summed E-state index contributed by atoms with van der Waals surface area (Å²) in [6, 6.07) is 5.18. The monoisotopic (exact) mass is 255 g/mol. The Morgan fingerprint density at radius 1 is 1.47 bits per heavy atom. The molecule has 1 heterocycles. The van der Waals surface area contributed by atoms with E-state index in [0.717, 1.165) is 18.4 Å². The van der Waals surface area contributed by atoms with Crippen LogP contribution in [0.5, 0.6) is 5.75 Å². The molecular formula is C12H17NO3S. The van der Waals surface area contributed by atoms with E-state index < -0.39 is 9.84 Å². The van der Waals surface area contributed by atoms with Gasteiger partial charge < -0.3 is 10.5 Å². The van der Waals surface area contributed by atoms with Gasteiger partial charge >= 0.3 is 0 Å². The molecule has 5 heteroatoms. The molecule has 0 spiro atoms. The van der Waals surface area contributed by atoms with E-state index in [4.69, 9.17) is 10.5 Å². The van der Waals surface area contributed by atoms with Gasteiger partial charge in [-0.25, -0.2) is 8.42 Å². The third-order valence-electron chi connectivity index (χ3n) is 3.17. The van der Waals surface area contributed by atoms with Crippen LogP contribution in [-0.2, 0) is 9.84 Å². The van der Waals surface area contributed by atoms with E-state index in [0.29, 0.717) is 17.2 Å². The summed E-state index contributed by atoms with van der Waals surface area (Å²) < 4.78 is 29.0. The number of hydrogen-bond acceptors (Lipinski definition) is 4. The highest BCUT2D eigenvalue weighted by Crippen LogP contribution is 2.39. The minimum absolute atomic E-state index is 0.0636. The van der Waals surface area contributed by atoms with Crippen molar-refractivity contribution in [1.29, 1.82) is 0 Å². The number of rotatable bonds is 4. The van der Waals surface area contributed by atoms with Crippen molar-refractivity contribution in [3.05, 3.63) is 23.8 Å². The second-order valence-electron chi connectivity index (χ2n) is 4.31. The van der Waals surface area contributed by atoms with E-state index >= 15 is 0 Å². The number of sulfone groups is 1. The minimum atomic E-state index is -3.11. The van der Waals surface area contributed by atoms with Crippen LogP contribution < -0.4 is 10.5 Å². The SMILES string of the molecule is COc1ccc2c(c1)C(CCCN)CS2(=O)=O. The summed E-state index contributed by atoms with van der Waals surface area (Å²) in [4.78, 5) is 0.459. The second kappa shape index (κ2) is 4.66. The molecule has 1 aromatic rings. The third-order valence-corrected chi connectivity index (χ3v) is 5.05. The standard InChI is InChI=1S/C12H17NO3S/c1-16-10-4-5-12-11(7-10)9(3-2-6-13)8-17(12,14)15/h4-5,7,9H,2-3,6,8,13H2,1H3. The lowest BCUT2D eigenvalue weighted by molar-refractivity contribution is 0.413. The van der Waals surface area contributed by atoms with E-state index in [2.05, 4.69) is 0 Å². The van der Waals surface area contributed by atoms with Crippen LogP contribution >= 0.6 is 0 Å². The summed E-state index contributed by atoms with van der Waals surface area (Å²) in [6.45, 7) is 0.593. The van der Waals surface area contributed by atoms with Gasteiger partial charge in [0.15, 0.2) is 9.84 Å². The Morgan fingerprint density at radius 3 is 2.88 bits per heavy atom. The van der Waals surface area contributed by atoms with Gasteiger partial charge in [0.05, 0.1) is 17.8 Å². The zero-order valence-electron chi connectivity index (χ0n) is 9.85. The number of methoxy groups -OCH3 is 1. The lowest BCUT2D eigenvalue weighted by atomic mass is 9.96. The molecule has 0 radical (unpaired) electrons. The quantitative estimate of drug-likeness (QED) is 0.880. The zero-order chi connectivity index (χ0) is 12.5. The molecule has 1 atom stereocenters. The number of nitrogens with two attached hydrogens (primary N) is 1. The van der Waals surface area contributed by atoms with Gasteiger partial charge in [-0.2, -0.15) is 0 Å². The van der Waals surface area contributed by atoms with Crippen LogP contribution in [0.25, 0.3) is 0 Å². The Morgan fingerprint density at radius 2 is 2.24 bits per heavy atom. The van der Waals surface area contributed by atoms with Crippen LogP contribution in [-0.4, -0.2) is 27.8 Å². The first-order valence-corrected chi connectivity index (χ1v) is 7.34. The van der Waals surface area contributed by atoms with Crippen molar-refractivity contribution in [2.45, 2.75) is 23.7 Å². The predicted molar refractivity (Wildman–Crippen MR) is 66.1 cm³/mol. The maximum atomic E-state index is 12.0. The molecule has 2 rings (SSSR count). The van der Waals surface area contributed by atoms with Gasteiger partial charge in [-0.3, -0.25) is 0 Å². The molecular weight excluding hydrogens is 238 g/mol. The average molecular weight is 255 g/mol. The molecule has 0 fully saturated rings. The van der Waals surface area contributed by atoms with Gasteiger partial charge in [0.25, 0.3) is 0 Å². The van der Waals surface area contributed by atoms with Crippen LogP contribution in [0, 0.1) is 0 Å². The van der Waals surface area contributed by atoms with Crippen molar-refractivity contribution in [2.24, 2.45) is 5.73 Å². The highest BCUT2D eigenvalue weighted by Gasteiger charge is 2.34. The maximum Gasteiger partial charge on any atom is 0.179 e. The largest absolute Gasteiger partial charge is 0.497 e. The first-order valence-electron chi connectivity index (χ1n) is 5.69. The minimum Gasteiger partial charge on any atom is -0.497 e. The van der Waals surface area contributed by atoms with E-state index in [1.807, 2.05) is 6.07 Å². The molecule has 4 nitrogen and oxygen atoms in total. The molecule has 94 valence electrons. The molecule has 2 N–H and O–H groups in total. The Balaban J connectivity index is 2.39. The van der Waals surface area contributed by atoms with Crippen molar-refractivity contribution < 1.29 is 13.2 Å². The van der Waals surface area contributed by atoms with Crippen LogP contribution in [0.2, 0.25) is 0 Å². The summed E-state index contributed by atoms with van der Waals surface area (Å²) in [5.74, 6) is 0.974. The fourth-order valence-corrected chi connectivity index (χ4v) is 4.22. The fourth-order valence-electron chi connectivity index (χ4n) is 2.30. The second-order valence-corrected chi connectivity index (χ2v) is 6.32. The van der Waals surface area contributed by atoms with E-state index in [1.165, 1.54) is 0 Å². The summed E-state index contributed by atoms with van der Waals surface area (Å²) in [5, 5.41) is 0. The summed E-state index contributed by atoms with van der Waals surface area (Å²) in [5.41, 5.74) is 6.36.